The fraction of sp³-hybridized carbons (Fsp3) is 1.00. The maximum absolute atomic E-state index is 2.73. The topological polar surface area (TPSA) is 0 Å². The van der Waals surface area contributed by atoms with Crippen LogP contribution in [-0.4, -0.2) is 15.6 Å². The van der Waals surface area contributed by atoms with Crippen molar-refractivity contribution in [2.75, 3.05) is 11.5 Å². The van der Waals surface area contributed by atoms with Gasteiger partial charge in [0.15, 0.2) is 0 Å². The molecule has 4 saturated carbocycles. The Labute approximate surface area is 151 Å². The predicted octanol–water partition coefficient (Wildman–Crippen LogP) is 6.60. The van der Waals surface area contributed by atoms with E-state index in [2.05, 4.69) is 37.4 Å². The molecule has 1 heterocycles. The minimum atomic E-state index is 0.635. The van der Waals surface area contributed by atoms with Crippen molar-refractivity contribution in [3.8, 4) is 0 Å². The largest absolute Gasteiger partial charge is 0.143 e. The maximum atomic E-state index is 2.73. The van der Waals surface area contributed by atoms with Crippen LogP contribution in [0.2, 0.25) is 0 Å². The monoisotopic (exact) mass is 350 g/mol. The van der Waals surface area contributed by atoms with Gasteiger partial charge in [-0.3, -0.25) is 0 Å². The lowest BCUT2D eigenvalue weighted by molar-refractivity contribution is -0.103. The molecule has 0 aromatic rings. The van der Waals surface area contributed by atoms with Crippen LogP contribution in [0.15, 0.2) is 0 Å². The number of fused-ring (bicyclic) bond motifs is 6. The van der Waals surface area contributed by atoms with E-state index in [1.807, 2.05) is 0 Å². The first-order chi connectivity index (χ1) is 11.1. The number of hydrogen-bond acceptors (Lipinski definition) is 2. The van der Waals surface area contributed by atoms with Crippen molar-refractivity contribution >= 4 is 23.5 Å². The average molecular weight is 351 g/mol. The van der Waals surface area contributed by atoms with Crippen molar-refractivity contribution in [3.05, 3.63) is 0 Å². The van der Waals surface area contributed by atoms with Gasteiger partial charge in [-0.05, 0) is 85.9 Å². The molecule has 0 N–H and O–H groups in total. The second kappa shape index (κ2) is 5.35. The molecule has 0 unspecified atom stereocenters. The quantitative estimate of drug-likeness (QED) is 0.483. The Morgan fingerprint density at radius 2 is 1.61 bits per heavy atom. The molecule has 1 spiro atoms. The molecule has 23 heavy (non-hydrogen) atoms. The van der Waals surface area contributed by atoms with Gasteiger partial charge in [-0.15, -0.1) is 23.5 Å². The van der Waals surface area contributed by atoms with Gasteiger partial charge in [0.25, 0.3) is 0 Å². The highest BCUT2D eigenvalue weighted by atomic mass is 32.2. The summed E-state index contributed by atoms with van der Waals surface area (Å²) in [7, 11) is 0. The minimum Gasteiger partial charge on any atom is -0.143 e. The van der Waals surface area contributed by atoms with Gasteiger partial charge in [-0.2, -0.15) is 0 Å². The van der Waals surface area contributed by atoms with Gasteiger partial charge in [0.1, 0.15) is 0 Å². The number of thioether (sulfide) groups is 2. The highest BCUT2D eigenvalue weighted by molar-refractivity contribution is 8.21. The van der Waals surface area contributed by atoms with Gasteiger partial charge < -0.3 is 0 Å². The molecular weight excluding hydrogens is 316 g/mol. The SMILES string of the molecule is C[C@]12CC[C@@H]3[C@H](CC[C@H]4CCCC[C@@]43C)[C@@H]1C1(CC2)SCCS1. The van der Waals surface area contributed by atoms with Crippen LogP contribution in [0.25, 0.3) is 0 Å². The lowest BCUT2D eigenvalue weighted by atomic mass is 9.45. The molecule has 5 aliphatic rings. The molecule has 1 saturated heterocycles. The van der Waals surface area contributed by atoms with Crippen LogP contribution in [0.4, 0.5) is 0 Å². The van der Waals surface area contributed by atoms with Crippen LogP contribution < -0.4 is 0 Å². The van der Waals surface area contributed by atoms with Gasteiger partial charge in [-0.25, -0.2) is 0 Å². The van der Waals surface area contributed by atoms with Gasteiger partial charge in [0, 0.05) is 11.5 Å². The molecule has 0 nitrogen and oxygen atoms in total. The average Bonchev–Trinajstić information content (AvgIpc) is 3.13. The zero-order chi connectivity index (χ0) is 15.7. The van der Waals surface area contributed by atoms with Crippen LogP contribution in [0, 0.1) is 34.5 Å². The summed E-state index contributed by atoms with van der Waals surface area (Å²) in [4.78, 5) is 0. The van der Waals surface area contributed by atoms with Crippen LogP contribution in [0.3, 0.4) is 0 Å². The van der Waals surface area contributed by atoms with E-state index < -0.39 is 0 Å². The fourth-order valence-electron chi connectivity index (χ4n) is 8.12. The Morgan fingerprint density at radius 3 is 2.43 bits per heavy atom. The Kier molecular flexibility index (Phi) is 3.70. The number of hydrogen-bond donors (Lipinski definition) is 0. The Bertz CT molecular complexity index is 482. The lowest BCUT2D eigenvalue weighted by Crippen LogP contribution is -2.54. The third-order valence-electron chi connectivity index (χ3n) is 9.16. The molecule has 0 aromatic carbocycles. The Hall–Kier alpha value is 0.700. The fourth-order valence-corrected chi connectivity index (χ4v) is 12.1. The standard InChI is InChI=1S/C21H34S2/c1-19-10-8-17-16(7-6-15-5-3-4-9-20(15,17)2)18(19)21(12-11-19)22-13-14-23-21/h15-18H,3-14H2,1-2H3/t15-,16+,17-,18+,19-,20+/m1/s1. The van der Waals surface area contributed by atoms with Crippen LogP contribution in [0.5, 0.6) is 0 Å². The molecule has 0 amide bonds. The second-order valence-electron chi connectivity index (χ2n) is 9.98. The molecule has 6 atom stereocenters. The summed E-state index contributed by atoms with van der Waals surface area (Å²) in [5.74, 6) is 7.09. The molecule has 1 aliphatic heterocycles. The van der Waals surface area contributed by atoms with E-state index in [0.717, 1.165) is 23.7 Å². The highest BCUT2D eigenvalue weighted by Crippen LogP contribution is 2.73. The number of rotatable bonds is 0. The molecule has 0 bridgehead atoms. The molecule has 5 fully saturated rings. The normalized spacial score (nSPS) is 54.5. The van der Waals surface area contributed by atoms with Gasteiger partial charge in [-0.1, -0.05) is 26.7 Å². The predicted molar refractivity (Wildman–Crippen MR) is 104 cm³/mol. The second-order valence-corrected chi connectivity index (χ2v) is 13.1. The highest BCUT2D eigenvalue weighted by Gasteiger charge is 2.65. The minimum absolute atomic E-state index is 0.635. The summed E-state index contributed by atoms with van der Waals surface area (Å²) in [6, 6.07) is 0. The molecule has 0 aromatic heterocycles. The van der Waals surface area contributed by atoms with Gasteiger partial charge in [0.05, 0.1) is 4.08 Å². The van der Waals surface area contributed by atoms with E-state index >= 15 is 0 Å². The molecule has 130 valence electrons. The summed E-state index contributed by atoms with van der Waals surface area (Å²) < 4.78 is 0.635. The molecule has 4 aliphatic carbocycles. The summed E-state index contributed by atoms with van der Waals surface area (Å²) in [6.07, 6.45) is 15.4. The molecular formula is C21H34S2. The van der Waals surface area contributed by atoms with Crippen molar-refractivity contribution in [1.82, 2.24) is 0 Å². The van der Waals surface area contributed by atoms with E-state index in [1.54, 1.807) is 38.5 Å². The first kappa shape index (κ1) is 15.9. The van der Waals surface area contributed by atoms with E-state index in [4.69, 9.17) is 0 Å². The smallest absolute Gasteiger partial charge is 0.0647 e. The van der Waals surface area contributed by atoms with E-state index in [0.29, 0.717) is 14.9 Å². The zero-order valence-electron chi connectivity index (χ0n) is 15.1. The first-order valence-electron chi connectivity index (χ1n) is 10.4. The summed E-state index contributed by atoms with van der Waals surface area (Å²) in [5, 5.41) is 0. The van der Waals surface area contributed by atoms with E-state index in [-0.39, 0.29) is 0 Å². The van der Waals surface area contributed by atoms with Gasteiger partial charge >= 0.3 is 0 Å². The molecule has 5 rings (SSSR count). The summed E-state index contributed by atoms with van der Waals surface area (Å²) >= 11 is 4.77. The van der Waals surface area contributed by atoms with Crippen molar-refractivity contribution in [2.24, 2.45) is 34.5 Å². The third-order valence-corrected chi connectivity index (χ3v) is 12.8. The lowest BCUT2D eigenvalue weighted by Gasteiger charge is -2.61. The maximum Gasteiger partial charge on any atom is 0.0647 e. The van der Waals surface area contributed by atoms with Crippen molar-refractivity contribution < 1.29 is 0 Å². The molecule has 2 heteroatoms. The van der Waals surface area contributed by atoms with E-state index in [9.17, 15) is 0 Å². The van der Waals surface area contributed by atoms with Crippen molar-refractivity contribution in [3.63, 3.8) is 0 Å². The van der Waals surface area contributed by atoms with E-state index in [1.165, 1.54) is 37.2 Å². The zero-order valence-corrected chi connectivity index (χ0v) is 16.7. The van der Waals surface area contributed by atoms with Crippen molar-refractivity contribution in [1.29, 1.82) is 0 Å². The summed E-state index contributed by atoms with van der Waals surface area (Å²) in [5.41, 5.74) is 1.39. The third kappa shape index (κ3) is 2.12. The summed E-state index contributed by atoms with van der Waals surface area (Å²) in [6.45, 7) is 5.42. The van der Waals surface area contributed by atoms with Crippen LogP contribution in [0.1, 0.15) is 78.1 Å². The van der Waals surface area contributed by atoms with Crippen LogP contribution in [-0.2, 0) is 0 Å². The Balaban J connectivity index is 1.52. The van der Waals surface area contributed by atoms with Crippen LogP contribution >= 0.6 is 23.5 Å². The van der Waals surface area contributed by atoms with Crippen molar-refractivity contribution in [2.45, 2.75) is 82.1 Å². The first-order valence-corrected chi connectivity index (χ1v) is 12.3. The Morgan fingerprint density at radius 1 is 0.783 bits per heavy atom. The van der Waals surface area contributed by atoms with Gasteiger partial charge in [0.2, 0.25) is 0 Å². The molecule has 0 radical (unpaired) electrons.